The van der Waals surface area contributed by atoms with E-state index in [0.29, 0.717) is 28.4 Å². The molecule has 5 N–H and O–H groups in total. The zero-order valence-corrected chi connectivity index (χ0v) is 19.6. The van der Waals surface area contributed by atoms with E-state index in [9.17, 15) is 9.11 Å². The van der Waals surface area contributed by atoms with Gasteiger partial charge in [-0.1, -0.05) is 0 Å². The number of aromatic nitrogens is 3. The predicted molar refractivity (Wildman–Crippen MR) is 128 cm³/mol. The van der Waals surface area contributed by atoms with E-state index in [2.05, 4.69) is 25.3 Å². The van der Waals surface area contributed by atoms with Crippen molar-refractivity contribution in [3.8, 4) is 5.88 Å². The number of nitrogens with one attached hydrogen (secondary N) is 1. The molecule has 0 aliphatic carbocycles. The van der Waals surface area contributed by atoms with Gasteiger partial charge in [0, 0.05) is 17.4 Å². The van der Waals surface area contributed by atoms with Crippen molar-refractivity contribution in [3.63, 3.8) is 0 Å². The van der Waals surface area contributed by atoms with Gasteiger partial charge in [-0.25, -0.2) is 19.3 Å². The average Bonchev–Trinajstić information content (AvgIpc) is 3.24. The van der Waals surface area contributed by atoms with Crippen molar-refractivity contribution >= 4 is 39.0 Å². The maximum Gasteiger partial charge on any atom is 0.232 e. The maximum absolute atomic E-state index is 15.2. The lowest BCUT2D eigenvalue weighted by Crippen LogP contribution is -2.57. The van der Waals surface area contributed by atoms with Gasteiger partial charge in [-0.2, -0.15) is 10.6 Å². The first-order valence-electron chi connectivity index (χ1n) is 10.5. The molecule has 1 saturated heterocycles. The van der Waals surface area contributed by atoms with Crippen LogP contribution in [0.25, 0.3) is 11.0 Å². The smallest absolute Gasteiger partial charge is 0.232 e. The summed E-state index contributed by atoms with van der Waals surface area (Å²) in [5.41, 5.74) is 6.56. The Balaban J connectivity index is 1.60. The summed E-state index contributed by atoms with van der Waals surface area (Å²) in [6.07, 6.45) is 3.06. The molecule has 180 valence electrons. The normalized spacial score (nSPS) is 25.9. The van der Waals surface area contributed by atoms with Crippen LogP contribution in [0.2, 0.25) is 0 Å². The van der Waals surface area contributed by atoms with E-state index >= 15 is 4.39 Å². The molecule has 0 radical (unpaired) electrons. The van der Waals surface area contributed by atoms with E-state index in [1.165, 1.54) is 19.4 Å². The molecule has 10 nitrogen and oxygen atoms in total. The molecular weight excluding hydrogens is 463 g/mol. The fourth-order valence-corrected chi connectivity index (χ4v) is 6.53. The third-order valence-electron chi connectivity index (χ3n) is 6.55. The lowest BCUT2D eigenvalue weighted by Gasteiger charge is -2.56. The number of fused-ring (bicyclic) bond motifs is 2. The molecular formula is C22H25FN6O4S. The molecule has 2 atom stereocenters. The summed E-state index contributed by atoms with van der Waals surface area (Å²) >= 11 is 0. The summed E-state index contributed by atoms with van der Waals surface area (Å²) in [6.45, 7) is 3.25. The number of aliphatic imine (C=N–C) groups is 1. The lowest BCUT2D eigenvalue weighted by molar-refractivity contribution is 0.178. The molecule has 0 bridgehead atoms. The highest BCUT2D eigenvalue weighted by Crippen LogP contribution is 2.66. The standard InChI is InChI=1S/C22H25FN6O4S/c1-21(2)20(24)29-22(11-33-10-16(22)34(21,30)31)13-8-12(4-5-14(13)23)27-19-18-15(6-7-25-19)28-17(32-3)9-26-18/h4-9,16,30-31H,10-11H2,1-3H3,(H2,24,29)(H,25,27)/t16-,22?/m1/s1. The summed E-state index contributed by atoms with van der Waals surface area (Å²) < 4.78 is 47.1. The van der Waals surface area contributed by atoms with Crippen LogP contribution in [0.1, 0.15) is 19.4 Å². The number of ether oxygens (including phenoxy) is 2. The van der Waals surface area contributed by atoms with Crippen LogP contribution in [0, 0.1) is 5.82 Å². The number of benzene rings is 1. The van der Waals surface area contributed by atoms with E-state index in [1.54, 1.807) is 38.2 Å². The van der Waals surface area contributed by atoms with E-state index in [4.69, 9.17) is 15.2 Å². The van der Waals surface area contributed by atoms with Gasteiger partial charge in [-0.05, 0) is 38.1 Å². The molecule has 1 aromatic carbocycles. The average molecular weight is 489 g/mol. The number of pyridine rings is 1. The zero-order chi connectivity index (χ0) is 24.3. The number of halogens is 1. The summed E-state index contributed by atoms with van der Waals surface area (Å²) in [6, 6.07) is 6.12. The SMILES string of the molecule is COc1cnc2c(Nc3ccc(F)c(C45COC[C@H]4S(O)(O)C(C)(C)C(N)=N5)c3)nccc2n1. The summed E-state index contributed by atoms with van der Waals surface area (Å²) in [4.78, 5) is 17.7. The second-order valence-corrected chi connectivity index (χ2v) is 11.6. The Bertz CT molecular complexity index is 1320. The first-order valence-corrected chi connectivity index (χ1v) is 12.1. The predicted octanol–water partition coefficient (Wildman–Crippen LogP) is 3.41. The highest BCUT2D eigenvalue weighted by molar-refractivity contribution is 8.26. The number of anilines is 2. The number of hydrogen-bond acceptors (Lipinski definition) is 10. The Morgan fingerprint density at radius 1 is 1.26 bits per heavy atom. The highest BCUT2D eigenvalue weighted by Gasteiger charge is 2.61. The molecule has 5 rings (SSSR count). The van der Waals surface area contributed by atoms with Crippen molar-refractivity contribution in [1.29, 1.82) is 0 Å². The molecule has 12 heteroatoms. The van der Waals surface area contributed by atoms with Gasteiger partial charge in [0.2, 0.25) is 5.88 Å². The molecule has 2 aliphatic rings. The molecule has 2 aliphatic heterocycles. The topological polar surface area (TPSA) is 148 Å². The third kappa shape index (κ3) is 3.21. The molecule has 0 amide bonds. The summed E-state index contributed by atoms with van der Waals surface area (Å²) in [5, 5.41) is 2.31. The number of nitrogens with zero attached hydrogens (tertiary/aromatic N) is 4. The van der Waals surface area contributed by atoms with Crippen LogP contribution in [-0.4, -0.2) is 60.2 Å². The van der Waals surface area contributed by atoms with Crippen molar-refractivity contribution in [1.82, 2.24) is 15.0 Å². The van der Waals surface area contributed by atoms with Crippen LogP contribution in [0.15, 0.2) is 41.7 Å². The Kier molecular flexibility index (Phi) is 5.17. The van der Waals surface area contributed by atoms with Gasteiger partial charge in [-0.15, -0.1) is 0 Å². The van der Waals surface area contributed by atoms with Gasteiger partial charge < -0.3 is 20.5 Å². The van der Waals surface area contributed by atoms with Crippen LogP contribution in [-0.2, 0) is 10.3 Å². The monoisotopic (exact) mass is 488 g/mol. The summed E-state index contributed by atoms with van der Waals surface area (Å²) in [5.74, 6) is 0.281. The number of rotatable bonds is 4. The van der Waals surface area contributed by atoms with Crippen molar-refractivity contribution in [2.24, 2.45) is 10.7 Å². The fourth-order valence-electron chi connectivity index (χ4n) is 4.38. The molecule has 1 fully saturated rings. The van der Waals surface area contributed by atoms with E-state index in [1.807, 2.05) is 0 Å². The second-order valence-electron chi connectivity index (χ2n) is 8.79. The summed E-state index contributed by atoms with van der Waals surface area (Å²) in [7, 11) is -1.82. The molecule has 2 aromatic heterocycles. The lowest BCUT2D eigenvalue weighted by atomic mass is 9.87. The van der Waals surface area contributed by atoms with Gasteiger partial charge >= 0.3 is 0 Å². The minimum absolute atomic E-state index is 0.0253. The van der Waals surface area contributed by atoms with Gasteiger partial charge in [0.25, 0.3) is 0 Å². The van der Waals surface area contributed by atoms with Gasteiger partial charge in [0.1, 0.15) is 32.7 Å². The fraction of sp³-hybridized carbons (Fsp3) is 0.364. The number of hydrogen-bond donors (Lipinski definition) is 4. The van der Waals surface area contributed by atoms with Crippen molar-refractivity contribution in [2.45, 2.75) is 29.4 Å². The molecule has 1 unspecified atom stereocenters. The van der Waals surface area contributed by atoms with Crippen LogP contribution in [0.3, 0.4) is 0 Å². The first kappa shape index (κ1) is 22.7. The first-order chi connectivity index (χ1) is 16.1. The number of methoxy groups -OCH3 is 1. The molecule has 3 aromatic rings. The molecule has 0 spiro atoms. The van der Waals surface area contributed by atoms with Crippen LogP contribution < -0.4 is 15.8 Å². The minimum atomic E-state index is -3.33. The number of nitrogens with two attached hydrogens (primary N) is 1. The highest BCUT2D eigenvalue weighted by atomic mass is 32.3. The Morgan fingerprint density at radius 2 is 2.06 bits per heavy atom. The van der Waals surface area contributed by atoms with E-state index in [0.717, 1.165) is 0 Å². The quantitative estimate of drug-likeness (QED) is 0.433. The van der Waals surface area contributed by atoms with Crippen LogP contribution in [0.4, 0.5) is 15.9 Å². The van der Waals surface area contributed by atoms with Crippen molar-refractivity contribution < 1.29 is 23.0 Å². The Labute approximate surface area is 196 Å². The number of amidine groups is 1. The van der Waals surface area contributed by atoms with Gasteiger partial charge in [0.05, 0.1) is 32.0 Å². The molecule has 4 heterocycles. The van der Waals surface area contributed by atoms with Crippen molar-refractivity contribution in [3.05, 3.63) is 48.0 Å². The Hall–Kier alpha value is -3.06. The Morgan fingerprint density at radius 3 is 2.82 bits per heavy atom. The second kappa shape index (κ2) is 7.73. The third-order valence-corrected chi connectivity index (χ3v) is 9.58. The largest absolute Gasteiger partial charge is 0.480 e. The van der Waals surface area contributed by atoms with E-state index in [-0.39, 0.29) is 24.6 Å². The van der Waals surface area contributed by atoms with E-state index < -0.39 is 31.9 Å². The van der Waals surface area contributed by atoms with Crippen molar-refractivity contribution in [2.75, 3.05) is 25.6 Å². The zero-order valence-electron chi connectivity index (χ0n) is 18.8. The van der Waals surface area contributed by atoms with Crippen LogP contribution >= 0.6 is 10.6 Å². The molecule has 0 saturated carbocycles. The van der Waals surface area contributed by atoms with Gasteiger partial charge in [-0.3, -0.25) is 14.1 Å². The van der Waals surface area contributed by atoms with Gasteiger partial charge in [0.15, 0.2) is 5.82 Å². The molecule has 34 heavy (non-hydrogen) atoms. The maximum atomic E-state index is 15.2. The minimum Gasteiger partial charge on any atom is -0.480 e. The van der Waals surface area contributed by atoms with Crippen LogP contribution in [0.5, 0.6) is 5.88 Å².